The van der Waals surface area contributed by atoms with Crippen LogP contribution in [0, 0.1) is 0 Å². The van der Waals surface area contributed by atoms with Gasteiger partial charge in [-0.2, -0.15) is 5.10 Å². The molecule has 4 rings (SSSR count). The fourth-order valence-corrected chi connectivity index (χ4v) is 2.95. The number of nitrogens with zero attached hydrogens (tertiary/aromatic N) is 1. The van der Waals surface area contributed by atoms with Crippen LogP contribution in [-0.2, 0) is 9.59 Å². The Morgan fingerprint density at radius 3 is 2.57 bits per heavy atom. The Labute approximate surface area is 173 Å². The lowest BCUT2D eigenvalue weighted by Crippen LogP contribution is -2.46. The minimum atomic E-state index is -0.823. The van der Waals surface area contributed by atoms with Crippen LogP contribution in [0.25, 0.3) is 0 Å². The third-order valence-corrected chi connectivity index (χ3v) is 4.53. The maximum Gasteiger partial charge on any atom is 0.265 e. The number of fused-ring (bicyclic) bond motifs is 2. The van der Waals surface area contributed by atoms with Crippen molar-refractivity contribution in [3.8, 4) is 23.0 Å². The number of para-hydroxylation sites is 2. The molecular weight excluding hydrogens is 390 g/mol. The highest BCUT2D eigenvalue weighted by molar-refractivity contribution is 6.00. The van der Waals surface area contributed by atoms with Gasteiger partial charge >= 0.3 is 0 Å². The van der Waals surface area contributed by atoms with Gasteiger partial charge in [0.1, 0.15) is 19.8 Å². The third-order valence-electron chi connectivity index (χ3n) is 4.53. The van der Waals surface area contributed by atoms with Crippen LogP contribution in [-0.4, -0.2) is 50.0 Å². The van der Waals surface area contributed by atoms with E-state index in [1.54, 1.807) is 37.3 Å². The minimum absolute atomic E-state index is 0.0752. The fraction of sp³-hybridized carbons (Fsp3) is 0.286. The molecule has 2 aromatic carbocycles. The van der Waals surface area contributed by atoms with Gasteiger partial charge in [-0.15, -0.1) is 0 Å². The smallest absolute Gasteiger partial charge is 0.265 e. The Morgan fingerprint density at radius 2 is 1.73 bits per heavy atom. The molecule has 0 saturated heterocycles. The molecule has 0 radical (unpaired) electrons. The minimum Gasteiger partial charge on any atom is -0.486 e. The molecule has 2 aliphatic heterocycles. The summed E-state index contributed by atoms with van der Waals surface area (Å²) in [5.74, 6) is 1.50. The van der Waals surface area contributed by atoms with Crippen LogP contribution in [0.1, 0.15) is 12.5 Å². The van der Waals surface area contributed by atoms with Gasteiger partial charge in [0.25, 0.3) is 11.8 Å². The van der Waals surface area contributed by atoms with E-state index < -0.39 is 17.9 Å². The van der Waals surface area contributed by atoms with E-state index in [1.807, 2.05) is 12.1 Å². The second kappa shape index (κ2) is 8.73. The Bertz CT molecular complexity index is 990. The summed E-state index contributed by atoms with van der Waals surface area (Å²) in [6, 6.07) is 12.5. The molecule has 2 amide bonds. The summed E-state index contributed by atoms with van der Waals surface area (Å²) < 4.78 is 22.1. The lowest BCUT2D eigenvalue weighted by molar-refractivity contribution is -0.132. The summed E-state index contributed by atoms with van der Waals surface area (Å²) in [5, 5.41) is 6.60. The highest BCUT2D eigenvalue weighted by Gasteiger charge is 2.27. The molecule has 0 spiro atoms. The average Bonchev–Trinajstić information content (AvgIpc) is 2.80. The van der Waals surface area contributed by atoms with Crippen molar-refractivity contribution in [2.24, 2.45) is 5.10 Å². The molecule has 2 N–H and O–H groups in total. The first-order valence-corrected chi connectivity index (χ1v) is 9.49. The van der Waals surface area contributed by atoms with Gasteiger partial charge in [0.15, 0.2) is 23.0 Å². The highest BCUT2D eigenvalue weighted by atomic mass is 16.6. The molecular formula is C21H21N3O6. The fourth-order valence-electron chi connectivity index (χ4n) is 2.95. The summed E-state index contributed by atoms with van der Waals surface area (Å²) >= 11 is 0. The van der Waals surface area contributed by atoms with E-state index in [-0.39, 0.29) is 13.2 Å². The predicted octanol–water partition coefficient (Wildman–Crippen LogP) is 1.25. The van der Waals surface area contributed by atoms with Crippen LogP contribution in [0.3, 0.4) is 0 Å². The second-order valence-electron chi connectivity index (χ2n) is 6.67. The molecule has 1 atom stereocenters. The summed E-state index contributed by atoms with van der Waals surface area (Å²) in [7, 11) is 0. The summed E-state index contributed by atoms with van der Waals surface area (Å²) in [4.78, 5) is 24.3. The Balaban J connectivity index is 1.27. The van der Waals surface area contributed by atoms with Gasteiger partial charge in [0, 0.05) is 5.56 Å². The number of carbonyl (C=O) groups is 2. The second-order valence-corrected chi connectivity index (χ2v) is 6.67. The van der Waals surface area contributed by atoms with E-state index in [2.05, 4.69) is 15.8 Å². The van der Waals surface area contributed by atoms with Gasteiger partial charge in [-0.05, 0) is 37.3 Å². The van der Waals surface area contributed by atoms with Crippen LogP contribution < -0.4 is 29.7 Å². The predicted molar refractivity (Wildman–Crippen MR) is 107 cm³/mol. The number of hydrogen-bond donors (Lipinski definition) is 2. The van der Waals surface area contributed by atoms with Crippen molar-refractivity contribution >= 4 is 17.5 Å². The standard InChI is InChI=1S/C21H21N3O6/c1-13(14-6-7-16-18(10-14)28-9-8-27-16)23-24-20(25)11-22-21(26)19-12-29-15-4-2-3-5-17(15)30-19/h2-7,10,19H,8-9,11-12H2,1H3,(H,22,26)(H,24,25). The van der Waals surface area contributed by atoms with E-state index in [1.165, 1.54) is 0 Å². The third kappa shape index (κ3) is 4.45. The average molecular weight is 411 g/mol. The van der Waals surface area contributed by atoms with E-state index in [0.29, 0.717) is 41.9 Å². The molecule has 2 aromatic rings. The van der Waals surface area contributed by atoms with Crippen molar-refractivity contribution in [1.29, 1.82) is 0 Å². The number of carbonyl (C=O) groups excluding carboxylic acids is 2. The maximum atomic E-state index is 12.3. The number of hydrogen-bond acceptors (Lipinski definition) is 7. The largest absolute Gasteiger partial charge is 0.486 e. The van der Waals surface area contributed by atoms with Gasteiger partial charge in [-0.1, -0.05) is 12.1 Å². The highest BCUT2D eigenvalue weighted by Crippen LogP contribution is 2.31. The zero-order valence-electron chi connectivity index (χ0n) is 16.3. The molecule has 2 heterocycles. The van der Waals surface area contributed by atoms with Crippen LogP contribution in [0.15, 0.2) is 47.6 Å². The zero-order valence-corrected chi connectivity index (χ0v) is 16.3. The number of benzene rings is 2. The van der Waals surface area contributed by atoms with Gasteiger partial charge in [0.05, 0.1) is 12.3 Å². The number of amides is 2. The normalized spacial score (nSPS) is 17.1. The number of hydrazone groups is 1. The first-order valence-electron chi connectivity index (χ1n) is 9.49. The quantitative estimate of drug-likeness (QED) is 0.567. The Morgan fingerprint density at radius 1 is 1.00 bits per heavy atom. The van der Waals surface area contributed by atoms with E-state index in [9.17, 15) is 9.59 Å². The van der Waals surface area contributed by atoms with Crippen molar-refractivity contribution in [1.82, 2.24) is 10.7 Å². The van der Waals surface area contributed by atoms with Crippen LogP contribution in [0.4, 0.5) is 0 Å². The van der Waals surface area contributed by atoms with E-state index >= 15 is 0 Å². The van der Waals surface area contributed by atoms with Gasteiger partial charge < -0.3 is 24.3 Å². The van der Waals surface area contributed by atoms with E-state index in [4.69, 9.17) is 18.9 Å². The van der Waals surface area contributed by atoms with Gasteiger partial charge in [-0.3, -0.25) is 9.59 Å². The molecule has 30 heavy (non-hydrogen) atoms. The Kier molecular flexibility index (Phi) is 5.69. The van der Waals surface area contributed by atoms with Crippen molar-refractivity contribution in [2.75, 3.05) is 26.4 Å². The molecule has 156 valence electrons. The molecule has 0 bridgehead atoms. The summed E-state index contributed by atoms with van der Waals surface area (Å²) in [6.07, 6.45) is -0.823. The van der Waals surface area contributed by atoms with Crippen molar-refractivity contribution in [3.05, 3.63) is 48.0 Å². The molecule has 0 aromatic heterocycles. The van der Waals surface area contributed by atoms with Crippen LogP contribution >= 0.6 is 0 Å². The lowest BCUT2D eigenvalue weighted by Gasteiger charge is -2.25. The van der Waals surface area contributed by atoms with Gasteiger partial charge in [-0.25, -0.2) is 5.43 Å². The first-order chi connectivity index (χ1) is 14.6. The molecule has 9 nitrogen and oxygen atoms in total. The number of rotatable bonds is 5. The molecule has 1 unspecified atom stereocenters. The molecule has 2 aliphatic rings. The van der Waals surface area contributed by atoms with Crippen molar-refractivity contribution in [2.45, 2.75) is 13.0 Å². The monoisotopic (exact) mass is 411 g/mol. The molecule has 9 heteroatoms. The number of ether oxygens (including phenoxy) is 4. The number of nitrogens with one attached hydrogen (secondary N) is 2. The van der Waals surface area contributed by atoms with Crippen LogP contribution in [0.2, 0.25) is 0 Å². The van der Waals surface area contributed by atoms with Gasteiger partial charge in [0.2, 0.25) is 6.10 Å². The summed E-state index contributed by atoms with van der Waals surface area (Å²) in [6.45, 7) is 2.61. The first kappa shape index (κ1) is 19.6. The van der Waals surface area contributed by atoms with Crippen LogP contribution in [0.5, 0.6) is 23.0 Å². The maximum absolute atomic E-state index is 12.3. The summed E-state index contributed by atoms with van der Waals surface area (Å²) in [5.41, 5.74) is 3.80. The zero-order chi connectivity index (χ0) is 20.9. The lowest BCUT2D eigenvalue weighted by atomic mass is 10.1. The SMILES string of the molecule is CC(=NNC(=O)CNC(=O)C1COc2ccccc2O1)c1ccc2c(c1)OCCO2. The molecule has 0 saturated carbocycles. The van der Waals surface area contributed by atoms with Crippen molar-refractivity contribution < 1.29 is 28.5 Å². The van der Waals surface area contributed by atoms with Crippen molar-refractivity contribution in [3.63, 3.8) is 0 Å². The van der Waals surface area contributed by atoms with E-state index in [0.717, 1.165) is 5.56 Å². The molecule has 0 fully saturated rings. The molecule has 0 aliphatic carbocycles. The Hall–Kier alpha value is -3.75. The topological polar surface area (TPSA) is 107 Å².